The molecule has 8 heteroatoms. The van der Waals surface area contributed by atoms with Gasteiger partial charge in [-0.05, 0) is 13.8 Å². The van der Waals surface area contributed by atoms with E-state index in [1.165, 1.54) is 13.1 Å². The maximum atomic E-state index is 11.8. The van der Waals surface area contributed by atoms with Crippen LogP contribution in [0.2, 0.25) is 0 Å². The lowest BCUT2D eigenvalue weighted by Gasteiger charge is -2.15. The summed E-state index contributed by atoms with van der Waals surface area (Å²) in [4.78, 5) is 13.0. The Labute approximate surface area is 109 Å². The van der Waals surface area contributed by atoms with Gasteiger partial charge in [0.15, 0.2) is 12.5 Å². The monoisotopic (exact) mass is 275 g/mol. The fourth-order valence-electron chi connectivity index (χ4n) is 1.61. The lowest BCUT2D eigenvalue weighted by molar-refractivity contribution is -0.0190. The molecule has 7 nitrogen and oxygen atoms in total. The largest absolute Gasteiger partial charge is 0.369 e. The van der Waals surface area contributed by atoms with Gasteiger partial charge in [0.1, 0.15) is 5.69 Å². The number of rotatable bonds is 2. The van der Waals surface area contributed by atoms with Crippen molar-refractivity contribution in [3.05, 3.63) is 11.8 Å². The molecule has 1 aromatic heterocycles. The SMILES string of the molecule is CN1C(=O)N(c2cc(C(C)(C)Cl)no2)C(O)C1O. The highest BCUT2D eigenvalue weighted by molar-refractivity contribution is 6.23. The van der Waals surface area contributed by atoms with Crippen molar-refractivity contribution >= 4 is 23.5 Å². The summed E-state index contributed by atoms with van der Waals surface area (Å²) in [6.07, 6.45) is -2.71. The molecule has 2 N–H and O–H groups in total. The normalized spacial score (nSPS) is 25.1. The molecule has 18 heavy (non-hydrogen) atoms. The van der Waals surface area contributed by atoms with Crippen LogP contribution in [-0.4, -0.2) is 45.8 Å². The Morgan fingerprint density at radius 2 is 2.06 bits per heavy atom. The molecular weight excluding hydrogens is 262 g/mol. The first-order chi connectivity index (χ1) is 8.23. The smallest absolute Gasteiger partial charge is 0.331 e. The highest BCUT2D eigenvalue weighted by Gasteiger charge is 2.45. The van der Waals surface area contributed by atoms with E-state index in [2.05, 4.69) is 5.16 Å². The minimum atomic E-state index is -1.40. The van der Waals surface area contributed by atoms with E-state index in [-0.39, 0.29) is 5.88 Å². The van der Waals surface area contributed by atoms with Gasteiger partial charge in [-0.15, -0.1) is 11.6 Å². The summed E-state index contributed by atoms with van der Waals surface area (Å²) < 4.78 is 4.99. The summed E-state index contributed by atoms with van der Waals surface area (Å²) in [5, 5.41) is 23.1. The van der Waals surface area contributed by atoms with Crippen LogP contribution >= 0.6 is 11.6 Å². The van der Waals surface area contributed by atoms with Crippen LogP contribution in [0.5, 0.6) is 0 Å². The van der Waals surface area contributed by atoms with Crippen molar-refractivity contribution in [2.45, 2.75) is 31.2 Å². The fourth-order valence-corrected chi connectivity index (χ4v) is 1.70. The third kappa shape index (κ3) is 1.94. The maximum Gasteiger partial charge on any atom is 0.331 e. The molecule has 2 unspecified atom stereocenters. The number of urea groups is 1. The van der Waals surface area contributed by atoms with E-state index in [1.807, 2.05) is 0 Å². The van der Waals surface area contributed by atoms with Gasteiger partial charge in [-0.25, -0.2) is 9.69 Å². The molecule has 1 saturated heterocycles. The van der Waals surface area contributed by atoms with E-state index in [4.69, 9.17) is 16.1 Å². The number of aromatic nitrogens is 1. The lowest BCUT2D eigenvalue weighted by atomic mass is 10.1. The molecule has 0 saturated carbocycles. The van der Waals surface area contributed by atoms with Crippen molar-refractivity contribution in [1.29, 1.82) is 0 Å². The molecule has 2 heterocycles. The van der Waals surface area contributed by atoms with Crippen LogP contribution in [0.25, 0.3) is 0 Å². The molecule has 0 bridgehead atoms. The number of carbonyl (C=O) groups excluding carboxylic acids is 1. The molecular formula is C10H14ClN3O4. The number of hydrogen-bond acceptors (Lipinski definition) is 5. The number of likely N-dealkylation sites (N-methyl/N-ethyl adjacent to an activating group) is 1. The van der Waals surface area contributed by atoms with Gasteiger partial charge in [0.2, 0.25) is 5.88 Å². The number of halogens is 1. The van der Waals surface area contributed by atoms with Gasteiger partial charge in [0.05, 0.1) is 4.87 Å². The number of alkyl halides is 1. The van der Waals surface area contributed by atoms with E-state index >= 15 is 0 Å². The maximum absolute atomic E-state index is 11.8. The van der Waals surface area contributed by atoms with Gasteiger partial charge >= 0.3 is 6.03 Å². The zero-order valence-corrected chi connectivity index (χ0v) is 10.9. The van der Waals surface area contributed by atoms with Crippen molar-refractivity contribution in [2.75, 3.05) is 11.9 Å². The predicted molar refractivity (Wildman–Crippen MR) is 63.0 cm³/mol. The van der Waals surface area contributed by atoms with Gasteiger partial charge < -0.3 is 14.7 Å². The molecule has 0 aromatic carbocycles. The third-order valence-corrected chi connectivity index (χ3v) is 2.97. The number of hydrogen-bond donors (Lipinski definition) is 2. The first-order valence-electron chi connectivity index (χ1n) is 5.31. The third-order valence-electron chi connectivity index (χ3n) is 2.78. The first-order valence-corrected chi connectivity index (χ1v) is 5.69. The van der Waals surface area contributed by atoms with Crippen LogP contribution in [0.15, 0.2) is 10.6 Å². The van der Waals surface area contributed by atoms with Crippen molar-refractivity contribution in [2.24, 2.45) is 0 Å². The average Bonchev–Trinajstić information content (AvgIpc) is 2.81. The number of anilines is 1. The Kier molecular flexibility index (Phi) is 3.00. The number of carbonyl (C=O) groups is 1. The standard InChI is InChI=1S/C10H14ClN3O4/c1-10(2,11)5-4-6(18-12-5)14-8(16)7(15)13(3)9(14)17/h4,7-8,15-16H,1-3H3. The summed E-state index contributed by atoms with van der Waals surface area (Å²) in [6.45, 7) is 3.44. The zero-order valence-electron chi connectivity index (χ0n) is 10.2. The van der Waals surface area contributed by atoms with Gasteiger partial charge in [-0.3, -0.25) is 4.90 Å². The number of aliphatic hydroxyl groups is 2. The molecule has 1 aromatic rings. The molecule has 1 aliphatic heterocycles. The van der Waals surface area contributed by atoms with Crippen molar-refractivity contribution in [1.82, 2.24) is 10.1 Å². The van der Waals surface area contributed by atoms with Gasteiger partial charge in [0.25, 0.3) is 0 Å². The number of aliphatic hydroxyl groups excluding tert-OH is 2. The summed E-state index contributed by atoms with van der Waals surface area (Å²) >= 11 is 6.06. The van der Waals surface area contributed by atoms with Gasteiger partial charge in [-0.1, -0.05) is 5.16 Å². The number of nitrogens with zero attached hydrogens (tertiary/aromatic N) is 3. The van der Waals surface area contributed by atoms with Crippen LogP contribution in [0.4, 0.5) is 10.7 Å². The quantitative estimate of drug-likeness (QED) is 0.774. The van der Waals surface area contributed by atoms with Crippen LogP contribution in [0.1, 0.15) is 19.5 Å². The average molecular weight is 276 g/mol. The molecule has 1 fully saturated rings. The first kappa shape index (κ1) is 13.1. The van der Waals surface area contributed by atoms with Gasteiger partial charge in [0, 0.05) is 13.1 Å². The summed E-state index contributed by atoms with van der Waals surface area (Å²) in [5.41, 5.74) is 0.434. The van der Waals surface area contributed by atoms with Crippen molar-refractivity contribution in [3.63, 3.8) is 0 Å². The van der Waals surface area contributed by atoms with E-state index in [0.717, 1.165) is 9.80 Å². The topological polar surface area (TPSA) is 90.0 Å². The Hall–Kier alpha value is -1.31. The Morgan fingerprint density at radius 1 is 1.44 bits per heavy atom. The second-order valence-electron chi connectivity index (χ2n) is 4.61. The second kappa shape index (κ2) is 4.11. The van der Waals surface area contributed by atoms with Gasteiger partial charge in [-0.2, -0.15) is 0 Å². The highest BCUT2D eigenvalue weighted by Crippen LogP contribution is 2.32. The minimum Gasteiger partial charge on any atom is -0.369 e. The molecule has 100 valence electrons. The molecule has 0 aliphatic carbocycles. The van der Waals surface area contributed by atoms with E-state index in [0.29, 0.717) is 5.69 Å². The van der Waals surface area contributed by atoms with Crippen molar-refractivity contribution < 1.29 is 19.5 Å². The highest BCUT2D eigenvalue weighted by atomic mass is 35.5. The van der Waals surface area contributed by atoms with Crippen LogP contribution in [0, 0.1) is 0 Å². The van der Waals surface area contributed by atoms with E-state index in [9.17, 15) is 15.0 Å². The van der Waals surface area contributed by atoms with Crippen LogP contribution in [-0.2, 0) is 4.87 Å². The van der Waals surface area contributed by atoms with E-state index in [1.54, 1.807) is 13.8 Å². The molecule has 0 spiro atoms. The van der Waals surface area contributed by atoms with Crippen LogP contribution in [0.3, 0.4) is 0 Å². The molecule has 2 amide bonds. The minimum absolute atomic E-state index is 0.0413. The number of amides is 2. The Morgan fingerprint density at radius 3 is 2.44 bits per heavy atom. The fraction of sp³-hybridized carbons (Fsp3) is 0.600. The van der Waals surface area contributed by atoms with Crippen LogP contribution < -0.4 is 4.90 Å². The zero-order chi connectivity index (χ0) is 13.7. The summed E-state index contributed by atoms with van der Waals surface area (Å²) in [6, 6.07) is 0.880. The Balaban J connectivity index is 2.33. The molecule has 2 rings (SSSR count). The predicted octanol–water partition coefficient (Wildman–Crippen LogP) is 0.657. The molecule has 1 aliphatic rings. The van der Waals surface area contributed by atoms with Crippen molar-refractivity contribution in [3.8, 4) is 0 Å². The lowest BCUT2D eigenvalue weighted by Crippen LogP contribution is -2.36. The molecule has 0 radical (unpaired) electrons. The Bertz CT molecular complexity index is 470. The molecule has 2 atom stereocenters. The summed E-state index contributed by atoms with van der Waals surface area (Å²) in [5.74, 6) is 0.0413. The summed E-state index contributed by atoms with van der Waals surface area (Å²) in [7, 11) is 1.37. The van der Waals surface area contributed by atoms with E-state index < -0.39 is 23.4 Å². The second-order valence-corrected chi connectivity index (χ2v) is 5.56.